The van der Waals surface area contributed by atoms with Crippen molar-refractivity contribution in [1.82, 2.24) is 25.5 Å². The molecule has 1 aromatic heterocycles. The van der Waals surface area contributed by atoms with Crippen LogP contribution in [0.4, 0.5) is 5.69 Å². The fourth-order valence-corrected chi connectivity index (χ4v) is 4.91. The molecule has 0 fully saturated rings. The van der Waals surface area contributed by atoms with Crippen LogP contribution in [-0.2, 0) is 28.3 Å². The molecular formula is C15H20N6O3S2. The Kier molecular flexibility index (Phi) is 5.77. The molecular weight excluding hydrogens is 376 g/mol. The second-order valence-electron chi connectivity index (χ2n) is 5.80. The van der Waals surface area contributed by atoms with E-state index in [0.717, 1.165) is 17.7 Å². The van der Waals surface area contributed by atoms with Gasteiger partial charge >= 0.3 is 0 Å². The number of thioether (sulfide) groups is 1. The van der Waals surface area contributed by atoms with E-state index in [-0.39, 0.29) is 24.6 Å². The van der Waals surface area contributed by atoms with Gasteiger partial charge in [-0.2, -0.15) is 0 Å². The summed E-state index contributed by atoms with van der Waals surface area (Å²) in [6.45, 7) is 0.550. The van der Waals surface area contributed by atoms with E-state index in [1.54, 1.807) is 7.05 Å². The first-order valence-electron chi connectivity index (χ1n) is 8.17. The fourth-order valence-electron chi connectivity index (χ4n) is 2.69. The Morgan fingerprint density at radius 2 is 2.15 bits per heavy atom. The number of nitrogens with one attached hydrogen (secondary N) is 1. The zero-order valence-electron chi connectivity index (χ0n) is 14.3. The molecule has 2 heterocycles. The summed E-state index contributed by atoms with van der Waals surface area (Å²) in [4.78, 5) is 11.9. The molecule has 1 amide bonds. The molecule has 0 radical (unpaired) electrons. The third-order valence-corrected chi connectivity index (χ3v) is 6.79. The van der Waals surface area contributed by atoms with E-state index < -0.39 is 10.0 Å². The maximum Gasteiger partial charge on any atom is 0.236 e. The van der Waals surface area contributed by atoms with Crippen molar-refractivity contribution in [2.75, 3.05) is 28.9 Å². The van der Waals surface area contributed by atoms with Crippen LogP contribution in [0.3, 0.4) is 0 Å². The van der Waals surface area contributed by atoms with Crippen molar-refractivity contribution in [3.05, 3.63) is 29.8 Å². The van der Waals surface area contributed by atoms with Crippen LogP contribution in [0.5, 0.6) is 0 Å². The average molecular weight is 396 g/mol. The van der Waals surface area contributed by atoms with E-state index in [9.17, 15) is 13.2 Å². The molecule has 0 saturated carbocycles. The number of aryl methyl sites for hydroxylation is 1. The van der Waals surface area contributed by atoms with Gasteiger partial charge in [0.05, 0.1) is 11.4 Å². The van der Waals surface area contributed by atoms with Gasteiger partial charge in [-0.15, -0.1) is 5.10 Å². The highest BCUT2D eigenvalue weighted by atomic mass is 32.2. The van der Waals surface area contributed by atoms with Gasteiger partial charge in [0, 0.05) is 32.3 Å². The smallest absolute Gasteiger partial charge is 0.236 e. The van der Waals surface area contributed by atoms with Gasteiger partial charge in [0.25, 0.3) is 0 Å². The molecule has 0 aliphatic carbocycles. The SMILES string of the molecule is Cn1nnnc1SCCC(=O)NCCS(=O)(=O)N1CCc2ccccc21. The van der Waals surface area contributed by atoms with Gasteiger partial charge in [-0.3, -0.25) is 9.10 Å². The van der Waals surface area contributed by atoms with Crippen LogP contribution < -0.4 is 9.62 Å². The molecule has 2 aromatic rings. The van der Waals surface area contributed by atoms with Gasteiger partial charge < -0.3 is 5.32 Å². The molecule has 9 nitrogen and oxygen atoms in total. The van der Waals surface area contributed by atoms with E-state index in [1.807, 2.05) is 24.3 Å². The Morgan fingerprint density at radius 3 is 2.92 bits per heavy atom. The Morgan fingerprint density at radius 1 is 1.35 bits per heavy atom. The van der Waals surface area contributed by atoms with Gasteiger partial charge in [0.2, 0.25) is 21.1 Å². The van der Waals surface area contributed by atoms with Crippen LogP contribution in [0.15, 0.2) is 29.4 Å². The number of aromatic nitrogens is 4. The fraction of sp³-hybridized carbons (Fsp3) is 0.467. The Balaban J connectivity index is 1.43. The Hall–Kier alpha value is -2.14. The normalized spacial score (nSPS) is 13.7. The number of fused-ring (bicyclic) bond motifs is 1. The number of hydrogen-bond donors (Lipinski definition) is 1. The number of carbonyl (C=O) groups is 1. The summed E-state index contributed by atoms with van der Waals surface area (Å²) < 4.78 is 28.0. The number of sulfonamides is 1. The molecule has 0 atom stereocenters. The molecule has 140 valence electrons. The quantitative estimate of drug-likeness (QED) is 0.635. The van der Waals surface area contributed by atoms with Crippen LogP contribution in [0.25, 0.3) is 0 Å². The first-order chi connectivity index (χ1) is 12.5. The third kappa shape index (κ3) is 4.33. The number of benzene rings is 1. The number of para-hydroxylation sites is 1. The zero-order chi connectivity index (χ0) is 18.6. The van der Waals surface area contributed by atoms with Crippen molar-refractivity contribution in [2.45, 2.75) is 18.0 Å². The number of nitrogens with zero attached hydrogens (tertiary/aromatic N) is 5. The maximum atomic E-state index is 12.5. The number of carbonyl (C=O) groups excluding carboxylic acids is 1. The molecule has 0 saturated heterocycles. The predicted octanol–water partition coefficient (Wildman–Crippen LogP) is 0.201. The molecule has 1 aromatic carbocycles. The second-order valence-corrected chi connectivity index (χ2v) is 8.88. The average Bonchev–Trinajstić information content (AvgIpc) is 3.21. The maximum absolute atomic E-state index is 12.5. The lowest BCUT2D eigenvalue weighted by Gasteiger charge is -2.19. The van der Waals surface area contributed by atoms with E-state index in [2.05, 4.69) is 20.8 Å². The number of rotatable bonds is 8. The van der Waals surface area contributed by atoms with E-state index in [4.69, 9.17) is 0 Å². The highest BCUT2D eigenvalue weighted by Gasteiger charge is 2.28. The summed E-state index contributed by atoms with van der Waals surface area (Å²) in [6, 6.07) is 7.50. The molecule has 0 spiro atoms. The number of amides is 1. The number of anilines is 1. The van der Waals surface area contributed by atoms with Crippen molar-refractivity contribution in [3.63, 3.8) is 0 Å². The summed E-state index contributed by atoms with van der Waals surface area (Å²) in [5, 5.41) is 14.3. The van der Waals surface area contributed by atoms with Gasteiger partial charge in [0.15, 0.2) is 0 Å². The molecule has 11 heteroatoms. The topological polar surface area (TPSA) is 110 Å². The summed E-state index contributed by atoms with van der Waals surface area (Å²) in [7, 11) is -1.72. The summed E-state index contributed by atoms with van der Waals surface area (Å²) in [5.74, 6) is 0.212. The van der Waals surface area contributed by atoms with E-state index in [0.29, 0.717) is 17.5 Å². The Labute approximate surface area is 156 Å². The van der Waals surface area contributed by atoms with Crippen LogP contribution >= 0.6 is 11.8 Å². The molecule has 1 aliphatic heterocycles. The minimum Gasteiger partial charge on any atom is -0.355 e. The first kappa shape index (κ1) is 18.6. The lowest BCUT2D eigenvalue weighted by atomic mass is 10.2. The zero-order valence-corrected chi connectivity index (χ0v) is 16.0. The standard InChI is InChI=1S/C15H20N6O3S2/c1-20-15(17-18-19-20)25-10-7-14(22)16-8-11-26(23,24)21-9-6-12-4-2-3-5-13(12)21/h2-5H,6-11H2,1H3,(H,16,22). The molecule has 0 unspecified atom stereocenters. The van der Waals surface area contributed by atoms with Crippen LogP contribution in [0.2, 0.25) is 0 Å². The number of hydrogen-bond acceptors (Lipinski definition) is 7. The third-order valence-electron chi connectivity index (χ3n) is 4.00. The minimum atomic E-state index is -3.45. The van der Waals surface area contributed by atoms with Crippen LogP contribution in [-0.4, -0.2) is 59.1 Å². The van der Waals surface area contributed by atoms with Crippen molar-refractivity contribution in [1.29, 1.82) is 0 Å². The second kappa shape index (κ2) is 8.04. The van der Waals surface area contributed by atoms with Crippen LogP contribution in [0, 0.1) is 0 Å². The van der Waals surface area contributed by atoms with E-state index >= 15 is 0 Å². The summed E-state index contributed by atoms with van der Waals surface area (Å²) in [6.07, 6.45) is 0.986. The first-order valence-corrected chi connectivity index (χ1v) is 10.8. The van der Waals surface area contributed by atoms with Gasteiger partial charge in [-0.25, -0.2) is 13.1 Å². The lowest BCUT2D eigenvalue weighted by Crippen LogP contribution is -2.37. The van der Waals surface area contributed by atoms with Crippen molar-refractivity contribution >= 4 is 33.4 Å². The molecule has 1 N–H and O–H groups in total. The molecule has 0 bridgehead atoms. The highest BCUT2D eigenvalue weighted by Crippen LogP contribution is 2.29. The Bertz CT molecular complexity index is 883. The molecule has 1 aliphatic rings. The lowest BCUT2D eigenvalue weighted by molar-refractivity contribution is -0.120. The summed E-state index contributed by atoms with van der Waals surface area (Å²) in [5.41, 5.74) is 1.78. The summed E-state index contributed by atoms with van der Waals surface area (Å²) >= 11 is 1.37. The van der Waals surface area contributed by atoms with Gasteiger partial charge in [-0.05, 0) is 28.5 Å². The largest absolute Gasteiger partial charge is 0.355 e. The van der Waals surface area contributed by atoms with Gasteiger partial charge in [0.1, 0.15) is 0 Å². The van der Waals surface area contributed by atoms with Crippen LogP contribution in [0.1, 0.15) is 12.0 Å². The number of tetrazole rings is 1. The van der Waals surface area contributed by atoms with Crippen molar-refractivity contribution < 1.29 is 13.2 Å². The minimum absolute atomic E-state index is 0.0933. The monoisotopic (exact) mass is 396 g/mol. The van der Waals surface area contributed by atoms with E-state index in [1.165, 1.54) is 20.7 Å². The predicted molar refractivity (Wildman–Crippen MR) is 98.4 cm³/mol. The molecule has 3 rings (SSSR count). The molecule has 26 heavy (non-hydrogen) atoms. The van der Waals surface area contributed by atoms with Crippen molar-refractivity contribution in [3.8, 4) is 0 Å². The highest BCUT2D eigenvalue weighted by molar-refractivity contribution is 7.99. The van der Waals surface area contributed by atoms with Gasteiger partial charge in [-0.1, -0.05) is 30.0 Å². The van der Waals surface area contributed by atoms with Crippen molar-refractivity contribution in [2.24, 2.45) is 7.05 Å².